The molecule has 7 heteroatoms. The molecule has 18 heavy (non-hydrogen) atoms. The Kier molecular flexibility index (Phi) is 4.18. The first-order valence-electron chi connectivity index (χ1n) is 5.09. The summed E-state index contributed by atoms with van der Waals surface area (Å²) in [5.74, 6) is -1.47. The molecule has 100 valence electrons. The number of carboxylic acid groups (broad SMARTS) is 1. The molecule has 0 aliphatic rings. The van der Waals surface area contributed by atoms with E-state index >= 15 is 0 Å². The van der Waals surface area contributed by atoms with Crippen LogP contribution in [0, 0.1) is 0 Å². The van der Waals surface area contributed by atoms with Gasteiger partial charge in [0.15, 0.2) is 0 Å². The summed E-state index contributed by atoms with van der Waals surface area (Å²) in [6.45, 7) is 0. The maximum atomic E-state index is 12.5. The Labute approximate surface area is 101 Å². The molecule has 0 saturated carbocycles. The fourth-order valence-corrected chi connectivity index (χ4v) is 1.46. The number of rotatable bonds is 4. The fourth-order valence-electron chi connectivity index (χ4n) is 1.46. The van der Waals surface area contributed by atoms with Gasteiger partial charge in [-0.15, -0.1) is 0 Å². The smallest absolute Gasteiger partial charge is 0.416 e. The molecule has 0 fully saturated rings. The largest absolute Gasteiger partial charge is 0.508 e. The Morgan fingerprint density at radius 3 is 2.50 bits per heavy atom. The van der Waals surface area contributed by atoms with Crippen LogP contribution in [0.3, 0.4) is 0 Å². The first kappa shape index (κ1) is 14.3. The number of phenolic OH excluding ortho intramolecular Hbond substituents is 1. The topological polar surface area (TPSA) is 83.6 Å². The summed E-state index contributed by atoms with van der Waals surface area (Å²) in [7, 11) is 0. The molecule has 0 saturated heterocycles. The summed E-state index contributed by atoms with van der Waals surface area (Å²) < 4.78 is 37.4. The van der Waals surface area contributed by atoms with Crippen LogP contribution in [0.5, 0.6) is 5.75 Å². The molecule has 0 amide bonds. The van der Waals surface area contributed by atoms with Crippen molar-refractivity contribution in [1.29, 1.82) is 0 Å². The standard InChI is InChI=1S/C11H12F3NO3/c12-11(13,14)6-1-3-9(16)7(5-6)8(15)2-4-10(17)18/h1,3,5,8,16H,2,4,15H2,(H,17,18). The number of carboxylic acids is 1. The lowest BCUT2D eigenvalue weighted by atomic mass is 9.99. The molecule has 1 aromatic rings. The van der Waals surface area contributed by atoms with Gasteiger partial charge in [0.1, 0.15) is 5.75 Å². The zero-order valence-corrected chi connectivity index (χ0v) is 9.24. The highest BCUT2D eigenvalue weighted by Gasteiger charge is 2.31. The average Bonchev–Trinajstić information content (AvgIpc) is 2.24. The molecule has 1 aromatic carbocycles. The van der Waals surface area contributed by atoms with E-state index in [2.05, 4.69) is 0 Å². The zero-order chi connectivity index (χ0) is 13.9. The Balaban J connectivity index is 2.97. The van der Waals surface area contributed by atoms with Gasteiger partial charge in [-0.25, -0.2) is 0 Å². The molecule has 1 rings (SSSR count). The van der Waals surface area contributed by atoms with Crippen molar-refractivity contribution in [2.45, 2.75) is 25.1 Å². The van der Waals surface area contributed by atoms with Gasteiger partial charge < -0.3 is 15.9 Å². The second-order valence-corrected chi connectivity index (χ2v) is 3.81. The summed E-state index contributed by atoms with van der Waals surface area (Å²) in [6.07, 6.45) is -4.87. The summed E-state index contributed by atoms with van der Waals surface area (Å²) in [5, 5.41) is 17.9. The molecular formula is C11H12F3NO3. The van der Waals surface area contributed by atoms with Crippen molar-refractivity contribution in [3.63, 3.8) is 0 Å². The molecule has 0 spiro atoms. The molecule has 0 aliphatic heterocycles. The average molecular weight is 263 g/mol. The summed E-state index contributed by atoms with van der Waals surface area (Å²) >= 11 is 0. The van der Waals surface area contributed by atoms with Gasteiger partial charge in [0.25, 0.3) is 0 Å². The Bertz CT molecular complexity index is 446. The molecule has 0 radical (unpaired) electrons. The van der Waals surface area contributed by atoms with Crippen LogP contribution >= 0.6 is 0 Å². The van der Waals surface area contributed by atoms with Crippen LogP contribution < -0.4 is 5.73 Å². The molecule has 0 heterocycles. The Morgan fingerprint density at radius 2 is 2.00 bits per heavy atom. The van der Waals surface area contributed by atoms with Crippen molar-refractivity contribution in [2.24, 2.45) is 5.73 Å². The number of aliphatic carboxylic acids is 1. The summed E-state index contributed by atoms with van der Waals surface area (Å²) in [4.78, 5) is 10.3. The number of benzene rings is 1. The van der Waals surface area contributed by atoms with Crippen LogP contribution in [0.1, 0.15) is 30.0 Å². The lowest BCUT2D eigenvalue weighted by molar-refractivity contribution is -0.138. The summed E-state index contributed by atoms with van der Waals surface area (Å²) in [5.41, 5.74) is 4.53. The van der Waals surface area contributed by atoms with Crippen LogP contribution in [0.4, 0.5) is 13.2 Å². The molecule has 0 aliphatic carbocycles. The van der Waals surface area contributed by atoms with Crippen molar-refractivity contribution in [3.8, 4) is 5.75 Å². The number of alkyl halides is 3. The van der Waals surface area contributed by atoms with Crippen LogP contribution in [0.2, 0.25) is 0 Å². The molecular weight excluding hydrogens is 251 g/mol. The lowest BCUT2D eigenvalue weighted by Gasteiger charge is -2.15. The van der Waals surface area contributed by atoms with Gasteiger partial charge in [0.05, 0.1) is 5.56 Å². The second-order valence-electron chi connectivity index (χ2n) is 3.81. The van der Waals surface area contributed by atoms with Crippen LogP contribution in [-0.2, 0) is 11.0 Å². The first-order valence-corrected chi connectivity index (χ1v) is 5.09. The predicted molar refractivity (Wildman–Crippen MR) is 56.9 cm³/mol. The van der Waals surface area contributed by atoms with Crippen molar-refractivity contribution < 1.29 is 28.2 Å². The Morgan fingerprint density at radius 1 is 1.39 bits per heavy atom. The van der Waals surface area contributed by atoms with E-state index in [1.165, 1.54) is 0 Å². The van der Waals surface area contributed by atoms with Crippen molar-refractivity contribution in [1.82, 2.24) is 0 Å². The van der Waals surface area contributed by atoms with Crippen LogP contribution in [-0.4, -0.2) is 16.2 Å². The highest BCUT2D eigenvalue weighted by Crippen LogP contribution is 2.34. The number of nitrogens with two attached hydrogens (primary N) is 1. The first-order chi connectivity index (χ1) is 8.21. The van der Waals surface area contributed by atoms with Crippen molar-refractivity contribution >= 4 is 5.97 Å². The number of carbonyl (C=O) groups is 1. The monoisotopic (exact) mass is 263 g/mol. The molecule has 4 N–H and O–H groups in total. The molecule has 0 aromatic heterocycles. The van der Waals surface area contributed by atoms with Crippen molar-refractivity contribution in [3.05, 3.63) is 29.3 Å². The number of hydrogen-bond donors (Lipinski definition) is 3. The maximum absolute atomic E-state index is 12.5. The molecule has 4 nitrogen and oxygen atoms in total. The SMILES string of the molecule is NC(CCC(=O)O)c1cc(C(F)(F)F)ccc1O. The van der Waals surface area contributed by atoms with E-state index in [-0.39, 0.29) is 24.2 Å². The van der Waals surface area contributed by atoms with E-state index in [1.54, 1.807) is 0 Å². The van der Waals surface area contributed by atoms with E-state index in [0.717, 1.165) is 18.2 Å². The number of phenols is 1. The second kappa shape index (κ2) is 5.26. The zero-order valence-electron chi connectivity index (χ0n) is 9.24. The van der Waals surface area contributed by atoms with E-state index in [9.17, 15) is 23.1 Å². The quantitative estimate of drug-likeness (QED) is 0.778. The van der Waals surface area contributed by atoms with Gasteiger partial charge in [-0.05, 0) is 24.6 Å². The highest BCUT2D eigenvalue weighted by molar-refractivity contribution is 5.66. The molecule has 0 bridgehead atoms. The Hall–Kier alpha value is -1.76. The summed E-state index contributed by atoms with van der Waals surface area (Å²) in [6, 6.07) is 1.42. The minimum absolute atomic E-state index is 0.0514. The van der Waals surface area contributed by atoms with Gasteiger partial charge in [-0.1, -0.05) is 0 Å². The van der Waals surface area contributed by atoms with Gasteiger partial charge in [0.2, 0.25) is 0 Å². The van der Waals surface area contributed by atoms with E-state index in [1.807, 2.05) is 0 Å². The third-order valence-corrected chi connectivity index (χ3v) is 2.42. The predicted octanol–water partition coefficient (Wildman–Crippen LogP) is 2.28. The van der Waals surface area contributed by atoms with Crippen LogP contribution in [0.15, 0.2) is 18.2 Å². The van der Waals surface area contributed by atoms with E-state index in [0.29, 0.717) is 0 Å². The van der Waals surface area contributed by atoms with E-state index < -0.39 is 23.8 Å². The molecule has 1 unspecified atom stereocenters. The van der Waals surface area contributed by atoms with Gasteiger partial charge in [-0.2, -0.15) is 13.2 Å². The minimum Gasteiger partial charge on any atom is -0.508 e. The third kappa shape index (κ3) is 3.63. The van der Waals surface area contributed by atoms with Crippen molar-refractivity contribution in [2.75, 3.05) is 0 Å². The fraction of sp³-hybridized carbons (Fsp3) is 0.364. The van der Waals surface area contributed by atoms with Crippen LogP contribution in [0.25, 0.3) is 0 Å². The minimum atomic E-state index is -4.53. The third-order valence-electron chi connectivity index (χ3n) is 2.42. The normalized spacial score (nSPS) is 13.3. The number of halogens is 3. The number of aromatic hydroxyl groups is 1. The van der Waals surface area contributed by atoms with E-state index in [4.69, 9.17) is 10.8 Å². The highest BCUT2D eigenvalue weighted by atomic mass is 19.4. The maximum Gasteiger partial charge on any atom is 0.416 e. The van der Waals surface area contributed by atoms with Gasteiger partial charge in [-0.3, -0.25) is 4.79 Å². The lowest BCUT2D eigenvalue weighted by Crippen LogP contribution is -2.14. The molecule has 1 atom stereocenters. The number of hydrogen-bond acceptors (Lipinski definition) is 3. The van der Waals surface area contributed by atoms with Gasteiger partial charge in [0, 0.05) is 18.0 Å². The van der Waals surface area contributed by atoms with Gasteiger partial charge >= 0.3 is 12.1 Å².